The smallest absolute Gasteiger partial charge is 0.251 e. The van der Waals surface area contributed by atoms with Crippen LogP contribution in [0.3, 0.4) is 0 Å². The number of halogens is 2. The Morgan fingerprint density at radius 3 is 2.50 bits per heavy atom. The van der Waals surface area contributed by atoms with Gasteiger partial charge in [0.1, 0.15) is 0 Å². The molecule has 0 bridgehead atoms. The van der Waals surface area contributed by atoms with E-state index in [1.807, 2.05) is 6.07 Å². The molecule has 1 heterocycles. The fraction of sp³-hybridized carbons (Fsp3) is 0.625. The van der Waals surface area contributed by atoms with Crippen molar-refractivity contribution in [3.05, 3.63) is 30.3 Å². The first-order valence-electron chi connectivity index (χ1n) is 7.55. The quantitative estimate of drug-likeness (QED) is 0.835. The predicted molar refractivity (Wildman–Crippen MR) is 77.4 cm³/mol. The normalized spacial score (nSPS) is 26.3. The molecule has 1 aliphatic carbocycles. The molecule has 1 saturated carbocycles. The van der Waals surface area contributed by atoms with E-state index in [2.05, 4.69) is 34.1 Å². The molecule has 3 rings (SSSR count). The zero-order chi connectivity index (χ0) is 14.0. The maximum absolute atomic E-state index is 12.9. The van der Waals surface area contributed by atoms with Gasteiger partial charge in [-0.25, -0.2) is 8.78 Å². The van der Waals surface area contributed by atoms with E-state index >= 15 is 0 Å². The molecule has 1 aromatic rings. The van der Waals surface area contributed by atoms with Gasteiger partial charge in [-0.15, -0.1) is 0 Å². The van der Waals surface area contributed by atoms with Gasteiger partial charge in [-0.1, -0.05) is 18.2 Å². The minimum atomic E-state index is -2.36. The van der Waals surface area contributed by atoms with Crippen LogP contribution in [-0.2, 0) is 0 Å². The lowest BCUT2D eigenvalue weighted by molar-refractivity contribution is 0.0939. The molecule has 0 unspecified atom stereocenters. The van der Waals surface area contributed by atoms with Crippen LogP contribution in [0.5, 0.6) is 0 Å². The van der Waals surface area contributed by atoms with Gasteiger partial charge in [0.2, 0.25) is 0 Å². The van der Waals surface area contributed by atoms with E-state index in [4.69, 9.17) is 0 Å². The molecule has 1 saturated heterocycles. The number of rotatable bonds is 4. The van der Waals surface area contributed by atoms with Gasteiger partial charge in [0.25, 0.3) is 5.92 Å². The van der Waals surface area contributed by atoms with E-state index in [9.17, 15) is 8.78 Å². The Morgan fingerprint density at radius 2 is 1.80 bits per heavy atom. The molecule has 1 atom stereocenters. The summed E-state index contributed by atoms with van der Waals surface area (Å²) in [5.74, 6) is -2.71. The Bertz CT molecular complexity index is 435. The maximum Gasteiger partial charge on any atom is 0.251 e. The highest BCUT2D eigenvalue weighted by molar-refractivity contribution is 5.46. The first-order chi connectivity index (χ1) is 9.65. The van der Waals surface area contributed by atoms with Crippen molar-refractivity contribution in [1.29, 1.82) is 0 Å². The van der Waals surface area contributed by atoms with Crippen LogP contribution in [0, 0.1) is 5.92 Å². The third-order valence-corrected chi connectivity index (χ3v) is 4.46. The summed E-state index contributed by atoms with van der Waals surface area (Å²) in [6.07, 6.45) is 1.87. The Kier molecular flexibility index (Phi) is 3.92. The minimum absolute atomic E-state index is 0.108. The molecule has 1 aliphatic heterocycles. The zero-order valence-corrected chi connectivity index (χ0v) is 11.8. The third kappa shape index (κ3) is 3.29. The van der Waals surface area contributed by atoms with Gasteiger partial charge in [0.05, 0.1) is 0 Å². The summed E-state index contributed by atoms with van der Waals surface area (Å²) in [5, 5.41) is 0. The Hall–Kier alpha value is -1.16. The van der Waals surface area contributed by atoms with Crippen LogP contribution >= 0.6 is 0 Å². The van der Waals surface area contributed by atoms with E-state index < -0.39 is 5.92 Å². The number of para-hydroxylation sites is 1. The lowest BCUT2D eigenvalue weighted by Gasteiger charge is -2.23. The highest BCUT2D eigenvalue weighted by Gasteiger charge is 2.56. The van der Waals surface area contributed by atoms with Crippen LogP contribution in [0.2, 0.25) is 0 Å². The fourth-order valence-corrected chi connectivity index (χ4v) is 3.01. The average molecular weight is 280 g/mol. The van der Waals surface area contributed by atoms with Gasteiger partial charge in [-0.05, 0) is 38.1 Å². The second kappa shape index (κ2) is 5.68. The van der Waals surface area contributed by atoms with Crippen LogP contribution in [0.4, 0.5) is 14.5 Å². The summed E-state index contributed by atoms with van der Waals surface area (Å²) >= 11 is 0. The van der Waals surface area contributed by atoms with Crippen molar-refractivity contribution in [2.24, 2.45) is 5.92 Å². The standard InChI is InChI=1S/C16H22F2N2/c17-16(18)13-14(16)7-10-19-8-4-9-20(12-11-19)15-5-2-1-3-6-15/h1-3,5-6,14H,4,7-13H2/t14-/m0/s1. The molecule has 4 heteroatoms. The second-order valence-electron chi connectivity index (χ2n) is 5.97. The topological polar surface area (TPSA) is 6.48 Å². The molecule has 0 radical (unpaired) electrons. The van der Waals surface area contributed by atoms with E-state index in [0.717, 1.165) is 39.1 Å². The first kappa shape index (κ1) is 13.8. The van der Waals surface area contributed by atoms with Crippen LogP contribution in [0.25, 0.3) is 0 Å². The van der Waals surface area contributed by atoms with Gasteiger partial charge in [0.15, 0.2) is 0 Å². The molecule has 1 aromatic carbocycles. The van der Waals surface area contributed by atoms with Gasteiger partial charge in [-0.2, -0.15) is 0 Å². The molecular formula is C16H22F2N2. The van der Waals surface area contributed by atoms with Crippen molar-refractivity contribution in [2.75, 3.05) is 37.6 Å². The van der Waals surface area contributed by atoms with Crippen molar-refractivity contribution < 1.29 is 8.78 Å². The van der Waals surface area contributed by atoms with Crippen molar-refractivity contribution in [2.45, 2.75) is 25.2 Å². The summed E-state index contributed by atoms with van der Waals surface area (Å²) in [5.41, 5.74) is 1.27. The van der Waals surface area contributed by atoms with Crippen LogP contribution in [0.1, 0.15) is 19.3 Å². The molecule has 0 aromatic heterocycles. The second-order valence-corrected chi connectivity index (χ2v) is 5.97. The number of hydrogen-bond donors (Lipinski definition) is 0. The lowest BCUT2D eigenvalue weighted by Crippen LogP contribution is -2.31. The van der Waals surface area contributed by atoms with Crippen LogP contribution in [-0.4, -0.2) is 43.5 Å². The predicted octanol–water partition coefficient (Wildman–Crippen LogP) is 3.24. The van der Waals surface area contributed by atoms with Crippen molar-refractivity contribution in [3.63, 3.8) is 0 Å². The Morgan fingerprint density at radius 1 is 1.05 bits per heavy atom. The summed E-state index contributed by atoms with van der Waals surface area (Å²) in [4.78, 5) is 4.74. The largest absolute Gasteiger partial charge is 0.370 e. The molecular weight excluding hydrogens is 258 g/mol. The van der Waals surface area contributed by atoms with Crippen LogP contribution < -0.4 is 4.90 Å². The molecule has 0 spiro atoms. The molecule has 2 fully saturated rings. The van der Waals surface area contributed by atoms with Gasteiger partial charge in [0, 0.05) is 37.7 Å². The average Bonchev–Trinajstić information content (AvgIpc) is 3.13. The molecule has 2 nitrogen and oxygen atoms in total. The fourth-order valence-electron chi connectivity index (χ4n) is 3.01. The number of nitrogens with zero attached hydrogens (tertiary/aromatic N) is 2. The van der Waals surface area contributed by atoms with E-state index in [0.29, 0.717) is 6.42 Å². The molecule has 2 aliphatic rings. The van der Waals surface area contributed by atoms with Crippen molar-refractivity contribution in [1.82, 2.24) is 4.90 Å². The Labute approximate surface area is 119 Å². The van der Waals surface area contributed by atoms with E-state index in [1.54, 1.807) is 0 Å². The summed E-state index contributed by atoms with van der Waals surface area (Å²) < 4.78 is 25.8. The van der Waals surface area contributed by atoms with Crippen molar-refractivity contribution >= 4 is 5.69 Å². The maximum atomic E-state index is 12.9. The van der Waals surface area contributed by atoms with Gasteiger partial charge in [-0.3, -0.25) is 0 Å². The van der Waals surface area contributed by atoms with E-state index in [-0.39, 0.29) is 12.3 Å². The molecule has 0 N–H and O–H groups in total. The number of anilines is 1. The van der Waals surface area contributed by atoms with Crippen molar-refractivity contribution in [3.8, 4) is 0 Å². The minimum Gasteiger partial charge on any atom is -0.370 e. The van der Waals surface area contributed by atoms with Gasteiger partial charge < -0.3 is 9.80 Å². The molecule has 20 heavy (non-hydrogen) atoms. The summed E-state index contributed by atoms with van der Waals surface area (Å²) in [6, 6.07) is 10.4. The zero-order valence-electron chi connectivity index (χ0n) is 11.8. The van der Waals surface area contributed by atoms with E-state index in [1.165, 1.54) is 5.69 Å². The highest BCUT2D eigenvalue weighted by atomic mass is 19.3. The number of hydrogen-bond acceptors (Lipinski definition) is 2. The first-order valence-corrected chi connectivity index (χ1v) is 7.55. The molecule has 0 amide bonds. The third-order valence-electron chi connectivity index (χ3n) is 4.46. The number of alkyl halides is 2. The van der Waals surface area contributed by atoms with Crippen LogP contribution in [0.15, 0.2) is 30.3 Å². The highest BCUT2D eigenvalue weighted by Crippen LogP contribution is 2.50. The lowest BCUT2D eigenvalue weighted by atomic mass is 10.2. The van der Waals surface area contributed by atoms with Gasteiger partial charge >= 0.3 is 0 Å². The monoisotopic (exact) mass is 280 g/mol. The Balaban J connectivity index is 1.47. The SMILES string of the molecule is FC1(F)C[C@@H]1CCN1CCCN(c2ccccc2)CC1. The summed E-state index contributed by atoms with van der Waals surface area (Å²) in [6.45, 7) is 4.88. The molecule has 110 valence electrons. The summed E-state index contributed by atoms with van der Waals surface area (Å²) in [7, 11) is 0. The number of benzene rings is 1.